The number of nitrogens with one attached hydrogen (secondary N) is 1. The van der Waals surface area contributed by atoms with Gasteiger partial charge >= 0.3 is 5.97 Å². The van der Waals surface area contributed by atoms with Crippen LogP contribution in [0.4, 0.5) is 14.5 Å². The fraction of sp³-hybridized carbons (Fsp3) is 0.176. The maximum atomic E-state index is 13.5. The maximum absolute atomic E-state index is 13.5. The molecule has 0 bridgehead atoms. The Morgan fingerprint density at radius 2 is 1.88 bits per heavy atom. The predicted octanol–water partition coefficient (Wildman–Crippen LogP) is 4.22. The molecule has 0 heterocycles. The largest absolute Gasteiger partial charge is 0.449 e. The Labute approximate surface area is 145 Å². The van der Waals surface area contributed by atoms with Crippen LogP contribution in [0.2, 0.25) is 0 Å². The van der Waals surface area contributed by atoms with Gasteiger partial charge in [-0.25, -0.2) is 13.6 Å². The topological polar surface area (TPSA) is 55.4 Å². The molecule has 0 saturated heterocycles. The molecule has 7 heteroatoms. The Hall–Kier alpha value is -2.28. The molecule has 0 fully saturated rings. The van der Waals surface area contributed by atoms with Crippen LogP contribution in [0.1, 0.15) is 22.8 Å². The molecule has 4 nitrogen and oxygen atoms in total. The molecule has 2 rings (SSSR count). The molecule has 0 aromatic heterocycles. The summed E-state index contributed by atoms with van der Waals surface area (Å²) in [5.74, 6) is -2.34. The van der Waals surface area contributed by atoms with Crippen molar-refractivity contribution in [3.63, 3.8) is 0 Å². The summed E-state index contributed by atoms with van der Waals surface area (Å²) in [5, 5.41) is 2.46. The van der Waals surface area contributed by atoms with E-state index in [0.717, 1.165) is 12.1 Å². The quantitative estimate of drug-likeness (QED) is 0.785. The molecule has 0 aliphatic heterocycles. The minimum Gasteiger partial charge on any atom is -0.449 e. The summed E-state index contributed by atoms with van der Waals surface area (Å²) < 4.78 is 31.8. The van der Waals surface area contributed by atoms with Crippen molar-refractivity contribution < 1.29 is 23.1 Å². The number of hydrogen-bond donors (Lipinski definition) is 1. The number of benzene rings is 2. The number of ether oxygens (including phenoxy) is 1. The van der Waals surface area contributed by atoms with Gasteiger partial charge in [-0.1, -0.05) is 6.07 Å². The molecule has 1 N–H and O–H groups in total. The highest BCUT2D eigenvalue weighted by atomic mass is 79.9. The second-order valence-electron chi connectivity index (χ2n) is 5.12. The lowest BCUT2D eigenvalue weighted by molar-refractivity contribution is -0.123. The second kappa shape index (κ2) is 7.53. The number of rotatable bonds is 4. The van der Waals surface area contributed by atoms with Crippen molar-refractivity contribution in [2.75, 3.05) is 5.32 Å². The zero-order chi connectivity index (χ0) is 17.9. The summed E-state index contributed by atoms with van der Waals surface area (Å²) in [5.41, 5.74) is 0.806. The number of carbonyl (C=O) groups is 2. The van der Waals surface area contributed by atoms with Gasteiger partial charge in [0.1, 0.15) is 11.6 Å². The lowest BCUT2D eigenvalue weighted by Crippen LogP contribution is -2.30. The molecule has 24 heavy (non-hydrogen) atoms. The number of carbonyl (C=O) groups excluding carboxylic acids is 2. The van der Waals surface area contributed by atoms with E-state index in [4.69, 9.17) is 4.74 Å². The molecule has 1 amide bonds. The van der Waals surface area contributed by atoms with E-state index in [1.807, 2.05) is 0 Å². The second-order valence-corrected chi connectivity index (χ2v) is 5.98. The average Bonchev–Trinajstić information content (AvgIpc) is 2.50. The van der Waals surface area contributed by atoms with Crippen molar-refractivity contribution in [1.82, 2.24) is 0 Å². The molecular formula is C17H14BrF2NO3. The van der Waals surface area contributed by atoms with Gasteiger partial charge in [-0.05, 0) is 65.7 Å². The van der Waals surface area contributed by atoms with Gasteiger partial charge in [-0.2, -0.15) is 0 Å². The first-order valence-electron chi connectivity index (χ1n) is 7.01. The van der Waals surface area contributed by atoms with Crippen LogP contribution in [0.3, 0.4) is 0 Å². The van der Waals surface area contributed by atoms with E-state index in [0.29, 0.717) is 5.56 Å². The molecule has 0 spiro atoms. The number of aryl methyl sites for hydroxylation is 1. The summed E-state index contributed by atoms with van der Waals surface area (Å²) in [4.78, 5) is 24.1. The minimum absolute atomic E-state index is 0.0948. The zero-order valence-corrected chi connectivity index (χ0v) is 14.5. The maximum Gasteiger partial charge on any atom is 0.340 e. The van der Waals surface area contributed by atoms with Gasteiger partial charge in [0, 0.05) is 10.2 Å². The Balaban J connectivity index is 2.02. The van der Waals surface area contributed by atoms with Crippen LogP contribution in [-0.4, -0.2) is 18.0 Å². The Morgan fingerprint density at radius 3 is 2.50 bits per heavy atom. The summed E-state index contributed by atoms with van der Waals surface area (Å²) in [6.45, 7) is 2.99. The molecule has 0 radical (unpaired) electrons. The Kier molecular flexibility index (Phi) is 5.66. The van der Waals surface area contributed by atoms with Crippen molar-refractivity contribution in [2.45, 2.75) is 20.0 Å². The smallest absolute Gasteiger partial charge is 0.340 e. The molecular weight excluding hydrogens is 384 g/mol. The predicted molar refractivity (Wildman–Crippen MR) is 88.7 cm³/mol. The highest BCUT2D eigenvalue weighted by molar-refractivity contribution is 9.10. The van der Waals surface area contributed by atoms with Gasteiger partial charge < -0.3 is 10.1 Å². The fourth-order valence-electron chi connectivity index (χ4n) is 1.85. The molecule has 0 unspecified atom stereocenters. The monoisotopic (exact) mass is 397 g/mol. The van der Waals surface area contributed by atoms with Crippen molar-refractivity contribution in [3.8, 4) is 0 Å². The highest BCUT2D eigenvalue weighted by Gasteiger charge is 2.21. The summed E-state index contributed by atoms with van der Waals surface area (Å²) in [6, 6.07) is 7.73. The van der Waals surface area contributed by atoms with E-state index >= 15 is 0 Å². The van der Waals surface area contributed by atoms with Crippen LogP contribution in [0.15, 0.2) is 40.9 Å². The third-order valence-electron chi connectivity index (χ3n) is 3.24. The number of anilines is 1. The Morgan fingerprint density at radius 1 is 1.17 bits per heavy atom. The van der Waals surface area contributed by atoms with Gasteiger partial charge in [-0.15, -0.1) is 0 Å². The van der Waals surface area contributed by atoms with Gasteiger partial charge in [0.25, 0.3) is 5.91 Å². The number of amides is 1. The third kappa shape index (κ3) is 4.38. The molecule has 0 saturated carbocycles. The van der Waals surface area contributed by atoms with Gasteiger partial charge in [0.15, 0.2) is 6.10 Å². The van der Waals surface area contributed by atoms with Crippen LogP contribution < -0.4 is 5.32 Å². The minimum atomic E-state index is -1.11. The number of esters is 1. The molecule has 1 atom stereocenters. The first-order chi connectivity index (χ1) is 11.3. The van der Waals surface area contributed by atoms with Gasteiger partial charge in [-0.3, -0.25) is 4.79 Å². The van der Waals surface area contributed by atoms with Crippen LogP contribution in [0.5, 0.6) is 0 Å². The molecule has 126 valence electrons. The summed E-state index contributed by atoms with van der Waals surface area (Å²) >= 11 is 3.06. The van der Waals surface area contributed by atoms with E-state index in [9.17, 15) is 18.4 Å². The van der Waals surface area contributed by atoms with E-state index < -0.39 is 29.6 Å². The third-order valence-corrected chi connectivity index (χ3v) is 3.90. The zero-order valence-electron chi connectivity index (χ0n) is 12.9. The van der Waals surface area contributed by atoms with Gasteiger partial charge in [0.05, 0.1) is 5.56 Å². The first kappa shape index (κ1) is 18.1. The average molecular weight is 398 g/mol. The molecule has 2 aromatic rings. The van der Waals surface area contributed by atoms with Crippen molar-refractivity contribution >= 4 is 33.5 Å². The molecule has 0 aliphatic carbocycles. The lowest BCUT2D eigenvalue weighted by atomic mass is 10.2. The molecule has 2 aromatic carbocycles. The van der Waals surface area contributed by atoms with Crippen LogP contribution in [0.25, 0.3) is 0 Å². The van der Waals surface area contributed by atoms with E-state index in [-0.39, 0.29) is 15.7 Å². The van der Waals surface area contributed by atoms with E-state index in [1.165, 1.54) is 25.1 Å². The van der Waals surface area contributed by atoms with Crippen molar-refractivity contribution in [1.29, 1.82) is 0 Å². The Bertz CT molecular complexity index is 795. The summed E-state index contributed by atoms with van der Waals surface area (Å²) in [6.07, 6.45) is -1.11. The van der Waals surface area contributed by atoms with Crippen molar-refractivity contribution in [2.24, 2.45) is 0 Å². The lowest BCUT2D eigenvalue weighted by Gasteiger charge is -2.14. The first-order valence-corrected chi connectivity index (χ1v) is 7.80. The van der Waals surface area contributed by atoms with E-state index in [1.54, 1.807) is 13.0 Å². The van der Waals surface area contributed by atoms with Gasteiger partial charge in [0.2, 0.25) is 0 Å². The highest BCUT2D eigenvalue weighted by Crippen LogP contribution is 2.20. The van der Waals surface area contributed by atoms with E-state index in [2.05, 4.69) is 21.2 Å². The molecule has 0 aliphatic rings. The van der Waals surface area contributed by atoms with Crippen molar-refractivity contribution in [3.05, 3.63) is 63.6 Å². The summed E-state index contributed by atoms with van der Waals surface area (Å²) in [7, 11) is 0. The normalized spacial score (nSPS) is 11.7. The standard InChI is InChI=1S/C17H14BrF2NO3/c1-9-3-5-12(8-15(9)20)21-16(22)10(2)24-17(23)13-6-4-11(19)7-14(13)18/h3-8,10H,1-2H3,(H,21,22)/t10-/m1/s1. The number of hydrogen-bond acceptors (Lipinski definition) is 3. The van der Waals surface area contributed by atoms with Crippen LogP contribution in [0, 0.1) is 18.6 Å². The SMILES string of the molecule is Cc1ccc(NC(=O)[C@@H](C)OC(=O)c2ccc(F)cc2Br)cc1F. The fourth-order valence-corrected chi connectivity index (χ4v) is 2.36. The number of halogens is 3. The van der Waals surface area contributed by atoms with Crippen LogP contribution >= 0.6 is 15.9 Å². The van der Waals surface area contributed by atoms with Crippen LogP contribution in [-0.2, 0) is 9.53 Å².